The lowest BCUT2D eigenvalue weighted by Gasteiger charge is -2.36. The molecule has 19 heavy (non-hydrogen) atoms. The first-order chi connectivity index (χ1) is 9.02. The Kier molecular flexibility index (Phi) is 3.32. The number of nitrogens with two attached hydrogens (primary N) is 1. The molecule has 0 spiro atoms. The molecule has 6 nitrogen and oxygen atoms in total. The van der Waals surface area contributed by atoms with E-state index in [9.17, 15) is 0 Å². The lowest BCUT2D eigenvalue weighted by Crippen LogP contribution is -2.49. The van der Waals surface area contributed by atoms with E-state index in [1.54, 1.807) is 0 Å². The van der Waals surface area contributed by atoms with Crippen molar-refractivity contribution < 1.29 is 4.52 Å². The van der Waals surface area contributed by atoms with Gasteiger partial charge in [0.05, 0.1) is 12.1 Å². The van der Waals surface area contributed by atoms with Crippen LogP contribution >= 0.6 is 0 Å². The molecular weight excluding hydrogens is 242 g/mol. The van der Waals surface area contributed by atoms with Crippen molar-refractivity contribution in [3.8, 4) is 0 Å². The highest BCUT2D eigenvalue weighted by molar-refractivity contribution is 4.99. The fraction of sp³-hybridized carbons (Fsp3) is 0.846. The van der Waals surface area contributed by atoms with Gasteiger partial charge in [0.15, 0.2) is 5.82 Å². The molecule has 106 valence electrons. The van der Waals surface area contributed by atoms with E-state index in [4.69, 9.17) is 10.3 Å². The molecule has 6 heteroatoms. The number of fused-ring (bicyclic) bond motifs is 1. The third-order valence-electron chi connectivity index (χ3n) is 4.07. The molecule has 2 fully saturated rings. The summed E-state index contributed by atoms with van der Waals surface area (Å²) in [5.74, 6) is 1.27. The zero-order chi connectivity index (χ0) is 13.5. The molecule has 2 saturated heterocycles. The van der Waals surface area contributed by atoms with Gasteiger partial charge in [-0.05, 0) is 33.2 Å². The van der Waals surface area contributed by atoms with Crippen LogP contribution in [0.3, 0.4) is 0 Å². The summed E-state index contributed by atoms with van der Waals surface area (Å²) in [4.78, 5) is 9.41. The summed E-state index contributed by atoms with van der Waals surface area (Å²) in [5.41, 5.74) is 5.43. The van der Waals surface area contributed by atoms with Gasteiger partial charge >= 0.3 is 0 Å². The average Bonchev–Trinajstić information content (AvgIpc) is 2.95. The second-order valence-electron chi connectivity index (χ2n) is 6.30. The molecule has 0 bridgehead atoms. The second kappa shape index (κ2) is 4.85. The minimum atomic E-state index is -0.536. The Labute approximate surface area is 113 Å². The van der Waals surface area contributed by atoms with Gasteiger partial charge in [-0.3, -0.25) is 9.80 Å². The van der Waals surface area contributed by atoms with Gasteiger partial charge in [-0.25, -0.2) is 0 Å². The third-order valence-corrected chi connectivity index (χ3v) is 4.07. The van der Waals surface area contributed by atoms with Crippen LogP contribution in [0.1, 0.15) is 38.4 Å². The van der Waals surface area contributed by atoms with Crippen molar-refractivity contribution in [2.75, 3.05) is 26.2 Å². The minimum absolute atomic E-state index is 0.536. The standard InChI is InChI=1S/C13H23N5O/c1-13(2,14)12-15-11(19-16-12)9-17-6-7-18-5-3-4-10(18)8-17/h10H,3-9,14H2,1-2H3. The van der Waals surface area contributed by atoms with E-state index in [2.05, 4.69) is 19.9 Å². The smallest absolute Gasteiger partial charge is 0.240 e. The highest BCUT2D eigenvalue weighted by Crippen LogP contribution is 2.22. The lowest BCUT2D eigenvalue weighted by molar-refractivity contribution is 0.0908. The normalized spacial score (nSPS) is 25.7. The fourth-order valence-corrected chi connectivity index (χ4v) is 2.97. The van der Waals surface area contributed by atoms with E-state index < -0.39 is 5.54 Å². The van der Waals surface area contributed by atoms with E-state index >= 15 is 0 Å². The molecule has 0 aromatic carbocycles. The number of rotatable bonds is 3. The monoisotopic (exact) mass is 265 g/mol. The third kappa shape index (κ3) is 2.80. The van der Waals surface area contributed by atoms with E-state index in [1.807, 2.05) is 13.8 Å². The van der Waals surface area contributed by atoms with Crippen molar-refractivity contribution in [3.63, 3.8) is 0 Å². The van der Waals surface area contributed by atoms with Crippen molar-refractivity contribution in [1.82, 2.24) is 19.9 Å². The van der Waals surface area contributed by atoms with Gasteiger partial charge in [0.25, 0.3) is 0 Å². The van der Waals surface area contributed by atoms with Gasteiger partial charge in [-0.15, -0.1) is 0 Å². The van der Waals surface area contributed by atoms with Gasteiger partial charge in [0.1, 0.15) is 0 Å². The molecule has 1 atom stereocenters. The second-order valence-corrected chi connectivity index (χ2v) is 6.30. The van der Waals surface area contributed by atoms with Crippen LogP contribution in [-0.4, -0.2) is 52.2 Å². The molecule has 1 aromatic rings. The summed E-state index contributed by atoms with van der Waals surface area (Å²) in [7, 11) is 0. The largest absolute Gasteiger partial charge is 0.338 e. The van der Waals surface area contributed by atoms with E-state index in [0.717, 1.165) is 32.2 Å². The van der Waals surface area contributed by atoms with Gasteiger partial charge in [0.2, 0.25) is 5.89 Å². The zero-order valence-electron chi connectivity index (χ0n) is 11.8. The zero-order valence-corrected chi connectivity index (χ0v) is 11.8. The molecule has 3 heterocycles. The topological polar surface area (TPSA) is 71.4 Å². The molecule has 0 aliphatic carbocycles. The Balaban J connectivity index is 1.61. The molecule has 2 aliphatic rings. The predicted molar refractivity (Wildman–Crippen MR) is 71.4 cm³/mol. The van der Waals surface area contributed by atoms with E-state index in [1.165, 1.54) is 19.4 Å². The molecule has 1 unspecified atom stereocenters. The fourth-order valence-electron chi connectivity index (χ4n) is 2.97. The maximum atomic E-state index is 5.97. The number of hydrogen-bond acceptors (Lipinski definition) is 6. The van der Waals surface area contributed by atoms with Gasteiger partial charge in [-0.2, -0.15) is 4.98 Å². The summed E-state index contributed by atoms with van der Waals surface area (Å²) < 4.78 is 5.31. The minimum Gasteiger partial charge on any atom is -0.338 e. The van der Waals surface area contributed by atoms with E-state index in [0.29, 0.717) is 11.7 Å². The first-order valence-corrected chi connectivity index (χ1v) is 7.11. The van der Waals surface area contributed by atoms with Crippen LogP contribution in [0.5, 0.6) is 0 Å². The summed E-state index contributed by atoms with van der Waals surface area (Å²) >= 11 is 0. The summed E-state index contributed by atoms with van der Waals surface area (Å²) in [6.07, 6.45) is 2.66. The number of piperazine rings is 1. The van der Waals surface area contributed by atoms with Gasteiger partial charge in [-0.1, -0.05) is 5.16 Å². The van der Waals surface area contributed by atoms with Crippen LogP contribution < -0.4 is 5.73 Å². The molecule has 0 saturated carbocycles. The molecule has 1 aromatic heterocycles. The van der Waals surface area contributed by atoms with Crippen molar-refractivity contribution >= 4 is 0 Å². The average molecular weight is 265 g/mol. The van der Waals surface area contributed by atoms with E-state index in [-0.39, 0.29) is 0 Å². The Hall–Kier alpha value is -0.980. The first kappa shape index (κ1) is 13.0. The summed E-state index contributed by atoms with van der Waals surface area (Å²) in [5, 5.41) is 3.97. The maximum Gasteiger partial charge on any atom is 0.240 e. The molecule has 2 N–H and O–H groups in total. The molecule has 0 radical (unpaired) electrons. The number of hydrogen-bond donors (Lipinski definition) is 1. The molecular formula is C13H23N5O. The Morgan fingerprint density at radius 3 is 2.95 bits per heavy atom. The Morgan fingerprint density at radius 1 is 1.37 bits per heavy atom. The summed E-state index contributed by atoms with van der Waals surface area (Å²) in [6.45, 7) is 9.15. The van der Waals surface area contributed by atoms with Gasteiger partial charge < -0.3 is 10.3 Å². The highest BCUT2D eigenvalue weighted by atomic mass is 16.5. The SMILES string of the molecule is CC(C)(N)c1noc(CN2CCN3CCCC3C2)n1. The Morgan fingerprint density at radius 2 is 2.21 bits per heavy atom. The summed E-state index contributed by atoms with van der Waals surface area (Å²) in [6, 6.07) is 0.724. The van der Waals surface area contributed by atoms with Crippen molar-refractivity contribution in [1.29, 1.82) is 0 Å². The van der Waals surface area contributed by atoms with Crippen molar-refractivity contribution in [2.24, 2.45) is 5.73 Å². The number of nitrogens with zero attached hydrogens (tertiary/aromatic N) is 4. The van der Waals surface area contributed by atoms with Crippen LogP contribution in [0, 0.1) is 0 Å². The number of aromatic nitrogens is 2. The van der Waals surface area contributed by atoms with Crippen LogP contribution in [0.2, 0.25) is 0 Å². The predicted octanol–water partition coefficient (Wildman–Crippen LogP) is 0.543. The van der Waals surface area contributed by atoms with Crippen molar-refractivity contribution in [3.05, 3.63) is 11.7 Å². The molecule has 3 rings (SSSR count). The van der Waals surface area contributed by atoms with Crippen LogP contribution in [0.25, 0.3) is 0 Å². The lowest BCUT2D eigenvalue weighted by atomic mass is 10.1. The highest BCUT2D eigenvalue weighted by Gasteiger charge is 2.31. The molecule has 2 aliphatic heterocycles. The maximum absolute atomic E-state index is 5.97. The quantitative estimate of drug-likeness (QED) is 0.860. The van der Waals surface area contributed by atoms with Crippen LogP contribution in [0.15, 0.2) is 4.52 Å². The molecule has 0 amide bonds. The van der Waals surface area contributed by atoms with Gasteiger partial charge in [0, 0.05) is 25.7 Å². The van der Waals surface area contributed by atoms with Crippen molar-refractivity contribution in [2.45, 2.75) is 44.8 Å². The van der Waals surface area contributed by atoms with Crippen LogP contribution in [0.4, 0.5) is 0 Å². The Bertz CT molecular complexity index is 438. The first-order valence-electron chi connectivity index (χ1n) is 7.11. The van der Waals surface area contributed by atoms with Crippen LogP contribution in [-0.2, 0) is 12.1 Å².